The maximum Gasteiger partial charge on any atom is 0.305 e. The minimum Gasteiger partial charge on any atom is -0.469 e. The van der Waals surface area contributed by atoms with E-state index in [1.54, 1.807) is 11.3 Å². The lowest BCUT2D eigenvalue weighted by Gasteiger charge is -2.11. The second-order valence-electron chi connectivity index (χ2n) is 4.98. The molecule has 1 atom stereocenters. The summed E-state index contributed by atoms with van der Waals surface area (Å²) in [6.07, 6.45) is 2.00. The number of esters is 1. The monoisotopic (exact) mass is 324 g/mol. The number of hydrogen-bond donors (Lipinski definition) is 1. The zero-order chi connectivity index (χ0) is 15.2. The molecule has 6 heteroatoms. The number of aromatic nitrogens is 1. The number of ether oxygens (including phenoxy) is 1. The molecule has 0 radical (unpaired) electrons. The molecule has 2 aromatic rings. The predicted molar refractivity (Wildman–Crippen MR) is 88.3 cm³/mol. The molecule has 2 heterocycles. The topological polar surface area (TPSA) is 51.2 Å². The van der Waals surface area contributed by atoms with Crippen LogP contribution in [0.2, 0.25) is 0 Å². The molecule has 1 N–H and O–H groups in total. The first-order valence-electron chi connectivity index (χ1n) is 6.90. The standard InChI is InChI=1S/C15H20N2O2S2/c1-10(8-13-6-4-11(2)21-13)16-15-17-12(9-20-15)5-7-14(18)19-3/h4,6,9-10H,5,7-8H2,1-3H3,(H,16,17). The van der Waals surface area contributed by atoms with Crippen LogP contribution in [-0.4, -0.2) is 24.1 Å². The molecule has 0 bridgehead atoms. The third-order valence-electron chi connectivity index (χ3n) is 3.04. The van der Waals surface area contributed by atoms with E-state index in [1.165, 1.54) is 16.9 Å². The van der Waals surface area contributed by atoms with Gasteiger partial charge in [0, 0.05) is 34.0 Å². The average molecular weight is 324 g/mol. The highest BCUT2D eigenvalue weighted by molar-refractivity contribution is 7.13. The van der Waals surface area contributed by atoms with Crippen molar-refractivity contribution in [2.24, 2.45) is 0 Å². The van der Waals surface area contributed by atoms with Gasteiger partial charge in [-0.25, -0.2) is 4.98 Å². The van der Waals surface area contributed by atoms with Gasteiger partial charge >= 0.3 is 5.97 Å². The Morgan fingerprint density at radius 1 is 1.48 bits per heavy atom. The molecular formula is C15H20N2O2S2. The number of methoxy groups -OCH3 is 1. The van der Waals surface area contributed by atoms with Crippen LogP contribution in [0, 0.1) is 6.92 Å². The van der Waals surface area contributed by atoms with Crippen molar-refractivity contribution in [1.82, 2.24) is 4.98 Å². The Bertz CT molecular complexity index is 592. The van der Waals surface area contributed by atoms with Gasteiger partial charge < -0.3 is 10.1 Å². The Kier molecular flexibility index (Phi) is 5.76. The van der Waals surface area contributed by atoms with Crippen LogP contribution in [0.4, 0.5) is 5.13 Å². The van der Waals surface area contributed by atoms with Gasteiger partial charge in [-0.1, -0.05) is 0 Å². The third kappa shape index (κ3) is 5.13. The maximum atomic E-state index is 11.1. The molecule has 0 amide bonds. The van der Waals surface area contributed by atoms with E-state index in [0.717, 1.165) is 17.2 Å². The van der Waals surface area contributed by atoms with Gasteiger partial charge in [-0.15, -0.1) is 22.7 Å². The number of hydrogen-bond acceptors (Lipinski definition) is 6. The molecular weight excluding hydrogens is 304 g/mol. The first-order chi connectivity index (χ1) is 10.1. The van der Waals surface area contributed by atoms with Gasteiger partial charge in [0.05, 0.1) is 19.2 Å². The molecule has 2 rings (SSSR count). The van der Waals surface area contributed by atoms with Gasteiger partial charge in [-0.3, -0.25) is 4.79 Å². The second kappa shape index (κ2) is 7.56. The lowest BCUT2D eigenvalue weighted by atomic mass is 10.2. The number of nitrogens with zero attached hydrogens (tertiary/aromatic N) is 1. The van der Waals surface area contributed by atoms with Crippen LogP contribution < -0.4 is 5.32 Å². The molecule has 0 aliphatic heterocycles. The van der Waals surface area contributed by atoms with Crippen LogP contribution in [0.1, 0.15) is 28.8 Å². The Morgan fingerprint density at radius 3 is 2.95 bits per heavy atom. The molecule has 1 unspecified atom stereocenters. The molecule has 0 saturated heterocycles. The number of nitrogens with one attached hydrogen (secondary N) is 1. The predicted octanol–water partition coefficient (Wildman–Crippen LogP) is 3.66. The van der Waals surface area contributed by atoms with E-state index in [-0.39, 0.29) is 5.97 Å². The zero-order valence-corrected chi connectivity index (χ0v) is 14.1. The first-order valence-corrected chi connectivity index (χ1v) is 8.59. The normalized spacial score (nSPS) is 12.1. The number of carbonyl (C=O) groups excluding carboxylic acids is 1. The van der Waals surface area contributed by atoms with Crippen molar-refractivity contribution in [2.45, 2.75) is 39.2 Å². The number of rotatable bonds is 7. The second-order valence-corrected chi connectivity index (χ2v) is 7.21. The molecule has 0 spiro atoms. The van der Waals surface area contributed by atoms with Crippen molar-refractivity contribution in [3.8, 4) is 0 Å². The van der Waals surface area contributed by atoms with Crippen molar-refractivity contribution in [1.29, 1.82) is 0 Å². The lowest BCUT2D eigenvalue weighted by molar-refractivity contribution is -0.140. The third-order valence-corrected chi connectivity index (χ3v) is 4.88. The fraction of sp³-hybridized carbons (Fsp3) is 0.467. The van der Waals surface area contributed by atoms with E-state index in [9.17, 15) is 4.79 Å². The fourth-order valence-electron chi connectivity index (χ4n) is 1.98. The zero-order valence-electron chi connectivity index (χ0n) is 12.5. The van der Waals surface area contributed by atoms with E-state index < -0.39 is 0 Å². The Labute approximate surface area is 133 Å². The molecule has 0 aliphatic rings. The Balaban J connectivity index is 1.82. The molecule has 114 valence electrons. The Morgan fingerprint density at radius 2 is 2.29 bits per heavy atom. The van der Waals surface area contributed by atoms with Crippen LogP contribution in [0.15, 0.2) is 17.5 Å². The maximum absolute atomic E-state index is 11.1. The smallest absolute Gasteiger partial charge is 0.305 e. The van der Waals surface area contributed by atoms with E-state index >= 15 is 0 Å². The lowest BCUT2D eigenvalue weighted by Crippen LogP contribution is -2.17. The average Bonchev–Trinajstić information content (AvgIpc) is 3.05. The molecule has 4 nitrogen and oxygen atoms in total. The highest BCUT2D eigenvalue weighted by atomic mass is 32.1. The quantitative estimate of drug-likeness (QED) is 0.790. The summed E-state index contributed by atoms with van der Waals surface area (Å²) < 4.78 is 4.63. The van der Waals surface area contributed by atoms with Crippen LogP contribution in [-0.2, 0) is 22.4 Å². The van der Waals surface area contributed by atoms with Gasteiger partial charge in [0.1, 0.15) is 0 Å². The molecule has 0 aliphatic carbocycles. The highest BCUT2D eigenvalue weighted by Crippen LogP contribution is 2.21. The van der Waals surface area contributed by atoms with Gasteiger partial charge in [0.2, 0.25) is 0 Å². The summed E-state index contributed by atoms with van der Waals surface area (Å²) in [6.45, 7) is 4.28. The molecule has 21 heavy (non-hydrogen) atoms. The van der Waals surface area contributed by atoms with Crippen molar-refractivity contribution >= 4 is 33.8 Å². The van der Waals surface area contributed by atoms with Crippen molar-refractivity contribution in [2.75, 3.05) is 12.4 Å². The summed E-state index contributed by atoms with van der Waals surface area (Å²) in [5.41, 5.74) is 0.937. The number of thiazole rings is 1. The molecule has 0 aromatic carbocycles. The number of anilines is 1. The summed E-state index contributed by atoms with van der Waals surface area (Å²) in [4.78, 5) is 18.3. The van der Waals surface area contributed by atoms with Gasteiger partial charge in [-0.2, -0.15) is 0 Å². The van der Waals surface area contributed by atoms with Gasteiger partial charge in [0.15, 0.2) is 5.13 Å². The van der Waals surface area contributed by atoms with Crippen molar-refractivity contribution in [3.63, 3.8) is 0 Å². The number of carbonyl (C=O) groups is 1. The SMILES string of the molecule is COC(=O)CCc1csc(NC(C)Cc2ccc(C)s2)n1. The summed E-state index contributed by atoms with van der Waals surface area (Å²) in [6, 6.07) is 4.67. The Hall–Kier alpha value is -1.40. The fourth-order valence-corrected chi connectivity index (χ4v) is 3.86. The largest absolute Gasteiger partial charge is 0.469 e. The molecule has 0 saturated carbocycles. The highest BCUT2D eigenvalue weighted by Gasteiger charge is 2.09. The van der Waals surface area contributed by atoms with Gasteiger partial charge in [-0.05, 0) is 26.0 Å². The summed E-state index contributed by atoms with van der Waals surface area (Å²) >= 11 is 3.42. The van der Waals surface area contributed by atoms with Crippen molar-refractivity contribution < 1.29 is 9.53 Å². The molecule has 2 aromatic heterocycles. The van der Waals surface area contributed by atoms with Crippen LogP contribution in [0.5, 0.6) is 0 Å². The first kappa shape index (κ1) is 16.0. The minimum absolute atomic E-state index is 0.195. The van der Waals surface area contributed by atoms with E-state index in [0.29, 0.717) is 18.9 Å². The summed E-state index contributed by atoms with van der Waals surface area (Å²) in [5, 5.41) is 6.33. The summed E-state index contributed by atoms with van der Waals surface area (Å²) in [7, 11) is 1.41. The van der Waals surface area contributed by atoms with E-state index in [1.807, 2.05) is 16.7 Å². The number of thiophene rings is 1. The number of aryl methyl sites for hydroxylation is 2. The van der Waals surface area contributed by atoms with Crippen LogP contribution >= 0.6 is 22.7 Å². The van der Waals surface area contributed by atoms with Crippen molar-refractivity contribution in [3.05, 3.63) is 33.0 Å². The van der Waals surface area contributed by atoms with Gasteiger partial charge in [0.25, 0.3) is 0 Å². The minimum atomic E-state index is -0.195. The van der Waals surface area contributed by atoms with Crippen LogP contribution in [0.3, 0.4) is 0 Å². The molecule has 0 fully saturated rings. The van der Waals surface area contributed by atoms with E-state index in [2.05, 4.69) is 41.0 Å². The van der Waals surface area contributed by atoms with E-state index in [4.69, 9.17) is 0 Å². The van der Waals surface area contributed by atoms with Crippen LogP contribution in [0.25, 0.3) is 0 Å². The summed E-state index contributed by atoms with van der Waals surface area (Å²) in [5.74, 6) is -0.195.